The Bertz CT molecular complexity index is 1350. The van der Waals surface area contributed by atoms with Crippen LogP contribution in [0.15, 0.2) is 72.2 Å². The molecule has 4 rings (SSSR count). The van der Waals surface area contributed by atoms with Crippen LogP contribution < -0.4 is 21.2 Å². The molecule has 8 heteroatoms. The van der Waals surface area contributed by atoms with Gasteiger partial charge in [0.15, 0.2) is 0 Å². The number of nitrogens with two attached hydrogens (primary N) is 1. The van der Waals surface area contributed by atoms with Crippen molar-refractivity contribution in [3.63, 3.8) is 0 Å². The summed E-state index contributed by atoms with van der Waals surface area (Å²) in [4.78, 5) is 30.4. The number of nitrogens with zero attached hydrogens (tertiary/aromatic N) is 3. The van der Waals surface area contributed by atoms with Crippen LogP contribution in [0.5, 0.6) is 0 Å². The number of pyridine rings is 2. The number of aromatic nitrogens is 3. The minimum atomic E-state index is -0.431. The largest absolute Gasteiger partial charge is 0.348 e. The van der Waals surface area contributed by atoms with Gasteiger partial charge in [0.05, 0.1) is 6.54 Å². The lowest BCUT2D eigenvalue weighted by Crippen LogP contribution is -2.43. The Kier molecular flexibility index (Phi) is 4.97. The zero-order valence-electron chi connectivity index (χ0n) is 16.0. The van der Waals surface area contributed by atoms with E-state index in [4.69, 9.17) is 5.73 Å². The Balaban J connectivity index is 2.00. The van der Waals surface area contributed by atoms with Gasteiger partial charge in [0, 0.05) is 12.7 Å². The molecule has 3 N–H and O–H groups in total. The number of benzene rings is 1. The molecule has 7 nitrogen and oxygen atoms in total. The standard InChI is InChI=1S/C22H18FN5O2/c1-2-10-25-21(29)16-12-17-20(26-18-5-3-4-11-27(18)22(17)30)28(19(16)24)13-14-6-8-15(23)9-7-14/h2-9,11-12,24H,1,10,13H2,(H,25,29)/p+1. The second-order valence-electron chi connectivity index (χ2n) is 6.74. The third kappa shape index (κ3) is 3.39. The smallest absolute Gasteiger partial charge is 0.278 e. The highest BCUT2D eigenvalue weighted by Gasteiger charge is 2.24. The van der Waals surface area contributed by atoms with Crippen LogP contribution in [0, 0.1) is 5.82 Å². The van der Waals surface area contributed by atoms with E-state index in [1.165, 1.54) is 22.6 Å². The second kappa shape index (κ2) is 7.75. The monoisotopic (exact) mass is 404 g/mol. The Labute approximate surface area is 170 Å². The molecule has 0 aliphatic rings. The van der Waals surface area contributed by atoms with Crippen molar-refractivity contribution in [3.8, 4) is 0 Å². The van der Waals surface area contributed by atoms with Crippen LogP contribution >= 0.6 is 0 Å². The molecule has 4 aromatic rings. The first kappa shape index (κ1) is 19.3. The molecule has 150 valence electrons. The number of anilines is 1. The highest BCUT2D eigenvalue weighted by Crippen LogP contribution is 2.16. The van der Waals surface area contributed by atoms with E-state index in [0.717, 1.165) is 5.56 Å². The Morgan fingerprint density at radius 2 is 2.03 bits per heavy atom. The highest BCUT2D eigenvalue weighted by molar-refractivity contribution is 6.00. The van der Waals surface area contributed by atoms with Gasteiger partial charge in [0.2, 0.25) is 11.5 Å². The minimum Gasteiger partial charge on any atom is -0.348 e. The fraction of sp³-hybridized carbons (Fsp3) is 0.0909. The van der Waals surface area contributed by atoms with Gasteiger partial charge in [0.1, 0.15) is 16.8 Å². The Morgan fingerprint density at radius 1 is 1.27 bits per heavy atom. The molecule has 0 saturated heterocycles. The van der Waals surface area contributed by atoms with Gasteiger partial charge in [-0.2, -0.15) is 0 Å². The van der Waals surface area contributed by atoms with Gasteiger partial charge in [-0.3, -0.25) is 14.0 Å². The average Bonchev–Trinajstić information content (AvgIpc) is 2.75. The number of nitrogens with one attached hydrogen (secondary N) is 1. The molecule has 30 heavy (non-hydrogen) atoms. The number of halogens is 1. The summed E-state index contributed by atoms with van der Waals surface area (Å²) >= 11 is 0. The SMILES string of the molecule is C=CCNC(=O)c1cc2c(=O)n3ccccc3nc2[n+](Cc2ccc(F)cc2)c1N. The number of carbonyl (C=O) groups excluding carboxylic acids is 1. The van der Waals surface area contributed by atoms with E-state index >= 15 is 0 Å². The summed E-state index contributed by atoms with van der Waals surface area (Å²) in [5.74, 6) is -0.637. The van der Waals surface area contributed by atoms with Gasteiger partial charge < -0.3 is 11.1 Å². The number of amides is 1. The summed E-state index contributed by atoms with van der Waals surface area (Å²) in [6.07, 6.45) is 3.16. The summed E-state index contributed by atoms with van der Waals surface area (Å²) in [5.41, 5.74) is 7.72. The summed E-state index contributed by atoms with van der Waals surface area (Å²) in [6.45, 7) is 4.04. The van der Waals surface area contributed by atoms with E-state index in [1.807, 2.05) is 0 Å². The summed E-state index contributed by atoms with van der Waals surface area (Å²) < 4.78 is 16.3. The third-order valence-electron chi connectivity index (χ3n) is 4.77. The van der Waals surface area contributed by atoms with Crippen LogP contribution in [-0.2, 0) is 6.54 Å². The molecule has 0 aliphatic carbocycles. The fourth-order valence-electron chi connectivity index (χ4n) is 3.28. The molecule has 0 spiro atoms. The highest BCUT2D eigenvalue weighted by atomic mass is 19.1. The molecular weight excluding hydrogens is 385 g/mol. The van der Waals surface area contributed by atoms with Crippen molar-refractivity contribution in [2.24, 2.45) is 0 Å². The zero-order chi connectivity index (χ0) is 21.3. The van der Waals surface area contributed by atoms with Crippen molar-refractivity contribution in [1.82, 2.24) is 14.7 Å². The van der Waals surface area contributed by atoms with Gasteiger partial charge in [-0.25, -0.2) is 8.96 Å². The molecule has 0 aliphatic heterocycles. The first-order valence-corrected chi connectivity index (χ1v) is 9.26. The van der Waals surface area contributed by atoms with Gasteiger partial charge in [-0.15, -0.1) is 6.58 Å². The zero-order valence-corrected chi connectivity index (χ0v) is 16.0. The van der Waals surface area contributed by atoms with E-state index in [1.54, 1.807) is 47.2 Å². The van der Waals surface area contributed by atoms with Gasteiger partial charge in [0.25, 0.3) is 17.1 Å². The lowest BCUT2D eigenvalue weighted by molar-refractivity contribution is -0.649. The topological polar surface area (TPSA) is 93.4 Å². The first-order valence-electron chi connectivity index (χ1n) is 9.26. The number of rotatable bonds is 5. The van der Waals surface area contributed by atoms with E-state index < -0.39 is 5.91 Å². The summed E-state index contributed by atoms with van der Waals surface area (Å²) in [5, 5.41) is 2.93. The predicted molar refractivity (Wildman–Crippen MR) is 112 cm³/mol. The quantitative estimate of drug-likeness (QED) is 0.301. The van der Waals surface area contributed by atoms with Crippen molar-refractivity contribution < 1.29 is 13.8 Å². The maximum atomic E-state index is 13.3. The van der Waals surface area contributed by atoms with Crippen LogP contribution in [0.25, 0.3) is 16.7 Å². The molecule has 1 amide bonds. The second-order valence-corrected chi connectivity index (χ2v) is 6.74. The Hall–Kier alpha value is -4.07. The van der Waals surface area contributed by atoms with Crippen LogP contribution in [0.1, 0.15) is 15.9 Å². The summed E-state index contributed by atoms with van der Waals surface area (Å²) in [6, 6.07) is 12.6. The van der Waals surface area contributed by atoms with Gasteiger partial charge in [-0.05, 0) is 35.9 Å². The molecule has 3 aromatic heterocycles. The van der Waals surface area contributed by atoms with Crippen molar-refractivity contribution in [1.29, 1.82) is 0 Å². The van der Waals surface area contributed by atoms with Crippen LogP contribution in [0.2, 0.25) is 0 Å². The van der Waals surface area contributed by atoms with Crippen LogP contribution in [-0.4, -0.2) is 21.8 Å². The number of fused-ring (bicyclic) bond motifs is 2. The molecule has 0 radical (unpaired) electrons. The predicted octanol–water partition coefficient (Wildman–Crippen LogP) is 1.82. The molecule has 1 aromatic carbocycles. The lowest BCUT2D eigenvalue weighted by Gasteiger charge is -2.12. The van der Waals surface area contributed by atoms with E-state index in [0.29, 0.717) is 11.3 Å². The van der Waals surface area contributed by atoms with Crippen LogP contribution in [0.4, 0.5) is 10.2 Å². The number of hydrogen-bond acceptors (Lipinski definition) is 4. The molecule has 0 bridgehead atoms. The maximum absolute atomic E-state index is 13.3. The van der Waals surface area contributed by atoms with E-state index in [2.05, 4.69) is 16.9 Å². The third-order valence-corrected chi connectivity index (χ3v) is 4.77. The van der Waals surface area contributed by atoms with Gasteiger partial charge >= 0.3 is 0 Å². The number of carbonyl (C=O) groups is 1. The van der Waals surface area contributed by atoms with E-state index in [-0.39, 0.29) is 41.2 Å². The van der Waals surface area contributed by atoms with Crippen molar-refractivity contribution in [3.05, 3.63) is 94.7 Å². The molecule has 0 fully saturated rings. The van der Waals surface area contributed by atoms with Crippen LogP contribution in [0.3, 0.4) is 0 Å². The molecule has 3 heterocycles. The number of nitrogen functional groups attached to an aromatic ring is 1. The van der Waals surface area contributed by atoms with E-state index in [9.17, 15) is 14.0 Å². The average molecular weight is 404 g/mol. The molecule has 0 saturated carbocycles. The Morgan fingerprint density at radius 3 is 2.77 bits per heavy atom. The molecular formula is C22H19FN5O2+. The normalized spacial score (nSPS) is 11.0. The number of hydrogen-bond donors (Lipinski definition) is 2. The summed E-state index contributed by atoms with van der Waals surface area (Å²) in [7, 11) is 0. The maximum Gasteiger partial charge on any atom is 0.278 e. The molecule has 0 atom stereocenters. The van der Waals surface area contributed by atoms with Crippen molar-refractivity contribution >= 4 is 28.4 Å². The lowest BCUT2D eigenvalue weighted by atomic mass is 10.1. The van der Waals surface area contributed by atoms with Crippen molar-refractivity contribution in [2.45, 2.75) is 6.54 Å². The fourth-order valence-corrected chi connectivity index (χ4v) is 3.28. The first-order chi connectivity index (χ1) is 14.5. The molecule has 0 unspecified atom stereocenters. The van der Waals surface area contributed by atoms with Gasteiger partial charge in [-0.1, -0.05) is 29.3 Å². The minimum absolute atomic E-state index is 0.153. The van der Waals surface area contributed by atoms with Crippen molar-refractivity contribution in [2.75, 3.05) is 12.3 Å².